The molecule has 0 amide bonds. The molecule has 0 fully saturated rings. The lowest BCUT2D eigenvalue weighted by atomic mass is 10.1. The second-order valence-corrected chi connectivity index (χ2v) is 7.96. The summed E-state index contributed by atoms with van der Waals surface area (Å²) in [6, 6.07) is 14.1. The molecule has 176 valence electrons. The van der Waals surface area contributed by atoms with E-state index < -0.39 is 0 Å². The molecule has 0 radical (unpaired) electrons. The number of rotatable bonds is 8. The number of fused-ring (bicyclic) bond motifs is 1. The third kappa shape index (κ3) is 5.90. The first-order chi connectivity index (χ1) is 17.0. The molecule has 4 N–H and O–H groups in total. The van der Waals surface area contributed by atoms with Gasteiger partial charge in [-0.1, -0.05) is 22.7 Å². The highest BCUT2D eigenvalue weighted by Crippen LogP contribution is 2.44. The SMILES string of the molecule is Cc1ccc(N=Nc2c(SOOO)cc3cc(Nc4nc(Cl)nc(NC#N)n4)ccc3c2O)cc1. The number of nitrogens with zero attached hydrogens (tertiary/aromatic N) is 6. The van der Waals surface area contributed by atoms with E-state index in [1.54, 1.807) is 42.6 Å². The molecule has 0 aliphatic carbocycles. The zero-order chi connectivity index (χ0) is 24.8. The van der Waals surface area contributed by atoms with Gasteiger partial charge in [-0.2, -0.15) is 25.3 Å². The van der Waals surface area contributed by atoms with Crippen LogP contribution < -0.4 is 10.6 Å². The van der Waals surface area contributed by atoms with Crippen LogP contribution in [0.15, 0.2) is 63.7 Å². The molecular weight excluding hydrogens is 496 g/mol. The predicted octanol–water partition coefficient (Wildman–Crippen LogP) is 6.17. The first-order valence-electron chi connectivity index (χ1n) is 9.73. The van der Waals surface area contributed by atoms with Gasteiger partial charge in [0.05, 0.1) is 22.6 Å². The minimum absolute atomic E-state index is 0.0168. The van der Waals surface area contributed by atoms with Gasteiger partial charge in [0, 0.05) is 11.1 Å². The van der Waals surface area contributed by atoms with E-state index >= 15 is 0 Å². The van der Waals surface area contributed by atoms with Gasteiger partial charge < -0.3 is 10.4 Å². The Labute approximate surface area is 207 Å². The van der Waals surface area contributed by atoms with Gasteiger partial charge in [0.15, 0.2) is 11.9 Å². The number of benzene rings is 3. The largest absolute Gasteiger partial charge is 0.505 e. The number of hydrogen-bond donors (Lipinski definition) is 4. The highest BCUT2D eigenvalue weighted by Gasteiger charge is 2.16. The molecule has 0 atom stereocenters. The molecule has 0 bridgehead atoms. The van der Waals surface area contributed by atoms with E-state index in [-0.39, 0.29) is 28.6 Å². The fourth-order valence-electron chi connectivity index (χ4n) is 3.00. The van der Waals surface area contributed by atoms with Crippen molar-refractivity contribution in [3.05, 3.63) is 59.4 Å². The molecule has 0 aliphatic rings. The fourth-order valence-corrected chi connectivity index (χ4v) is 3.66. The molecule has 0 saturated heterocycles. The monoisotopic (exact) mass is 510 g/mol. The number of aryl methyl sites for hydroxylation is 1. The maximum atomic E-state index is 10.9. The number of halogens is 1. The van der Waals surface area contributed by atoms with Crippen molar-refractivity contribution in [2.45, 2.75) is 11.8 Å². The van der Waals surface area contributed by atoms with Crippen LogP contribution in [0.1, 0.15) is 5.56 Å². The van der Waals surface area contributed by atoms with Crippen LogP contribution in [0.5, 0.6) is 5.75 Å². The van der Waals surface area contributed by atoms with Crippen LogP contribution in [-0.4, -0.2) is 25.3 Å². The molecule has 14 heteroatoms. The van der Waals surface area contributed by atoms with Gasteiger partial charge >= 0.3 is 0 Å². The Bertz CT molecular complexity index is 1450. The Morgan fingerprint density at radius 2 is 1.83 bits per heavy atom. The van der Waals surface area contributed by atoms with Crippen LogP contribution in [0.4, 0.5) is 29.0 Å². The Morgan fingerprint density at radius 3 is 2.57 bits per heavy atom. The van der Waals surface area contributed by atoms with Crippen molar-refractivity contribution in [1.29, 1.82) is 5.26 Å². The number of anilines is 3. The van der Waals surface area contributed by atoms with E-state index in [4.69, 9.17) is 22.1 Å². The number of phenolic OH excluding ortho intramolecular Hbond substituents is 1. The molecule has 1 aromatic heterocycles. The van der Waals surface area contributed by atoms with Gasteiger partial charge in [0.2, 0.25) is 17.2 Å². The van der Waals surface area contributed by atoms with Crippen LogP contribution in [-0.2, 0) is 9.37 Å². The molecule has 0 unspecified atom stereocenters. The predicted molar refractivity (Wildman–Crippen MR) is 129 cm³/mol. The van der Waals surface area contributed by atoms with Gasteiger partial charge in [-0.15, -0.1) is 9.45 Å². The highest BCUT2D eigenvalue weighted by atomic mass is 35.5. The molecular formula is C21H15ClN8O4S. The van der Waals surface area contributed by atoms with Crippen molar-refractivity contribution in [1.82, 2.24) is 15.0 Å². The van der Waals surface area contributed by atoms with Crippen LogP contribution in [0.25, 0.3) is 10.8 Å². The van der Waals surface area contributed by atoms with Gasteiger partial charge in [-0.25, -0.2) is 5.26 Å². The molecule has 3 aromatic carbocycles. The summed E-state index contributed by atoms with van der Waals surface area (Å²) in [5.74, 6) is -0.0732. The van der Waals surface area contributed by atoms with Gasteiger partial charge in [0.25, 0.3) is 0 Å². The average Bonchev–Trinajstić information content (AvgIpc) is 2.83. The van der Waals surface area contributed by atoms with Crippen molar-refractivity contribution < 1.29 is 19.7 Å². The van der Waals surface area contributed by atoms with Crippen molar-refractivity contribution in [3.63, 3.8) is 0 Å². The maximum Gasteiger partial charge on any atom is 0.242 e. The van der Waals surface area contributed by atoms with Crippen LogP contribution >= 0.6 is 23.6 Å². The van der Waals surface area contributed by atoms with E-state index in [0.29, 0.717) is 39.1 Å². The summed E-state index contributed by atoms with van der Waals surface area (Å²) in [6.07, 6.45) is 1.71. The van der Waals surface area contributed by atoms with Crippen LogP contribution in [0, 0.1) is 18.4 Å². The second-order valence-electron chi connectivity index (χ2n) is 6.88. The number of nitriles is 1. The Morgan fingerprint density at radius 1 is 1.06 bits per heavy atom. The summed E-state index contributed by atoms with van der Waals surface area (Å²) in [7, 11) is 0. The second kappa shape index (κ2) is 10.9. The van der Waals surface area contributed by atoms with Crippen molar-refractivity contribution in [2.75, 3.05) is 10.6 Å². The summed E-state index contributed by atoms with van der Waals surface area (Å²) in [5, 5.41) is 46.6. The summed E-state index contributed by atoms with van der Waals surface area (Å²) >= 11 is 6.52. The van der Waals surface area contributed by atoms with Gasteiger partial charge in [-0.05, 0) is 60.3 Å². The van der Waals surface area contributed by atoms with E-state index in [9.17, 15) is 5.11 Å². The quantitative estimate of drug-likeness (QED) is 0.0533. The lowest BCUT2D eigenvalue weighted by Gasteiger charge is -2.11. The third-order valence-electron chi connectivity index (χ3n) is 4.54. The molecule has 0 spiro atoms. The minimum atomic E-state index is -0.155. The normalized spacial score (nSPS) is 11.0. The van der Waals surface area contributed by atoms with Crippen molar-refractivity contribution in [3.8, 4) is 11.9 Å². The third-order valence-corrected chi connectivity index (χ3v) is 5.33. The number of nitrogens with one attached hydrogen (secondary N) is 2. The summed E-state index contributed by atoms with van der Waals surface area (Å²) in [6.45, 7) is 1.96. The zero-order valence-electron chi connectivity index (χ0n) is 17.8. The van der Waals surface area contributed by atoms with E-state index in [1.807, 2.05) is 19.1 Å². The Kier molecular flexibility index (Phi) is 7.51. The standard InChI is InChI=1S/C21H15ClN8O4S/c1-11-2-4-13(5-3-11)29-30-17-16(35-34-33-32)9-12-8-14(6-7-15(12)18(17)31)25-21-27-19(22)26-20(28-21)24-10-23/h2-9,31-32H,1H3,(H2,24,25,26,27,28). The Balaban J connectivity index is 1.71. The number of aromatic hydroxyl groups is 1. The Hall–Kier alpha value is -4.06. The molecule has 1 heterocycles. The van der Waals surface area contributed by atoms with Crippen LogP contribution in [0.3, 0.4) is 0 Å². The van der Waals surface area contributed by atoms with Gasteiger partial charge in [0.1, 0.15) is 5.69 Å². The van der Waals surface area contributed by atoms with Crippen molar-refractivity contribution >= 4 is 63.4 Å². The van der Waals surface area contributed by atoms with E-state index in [2.05, 4.69) is 45.2 Å². The van der Waals surface area contributed by atoms with Crippen LogP contribution in [0.2, 0.25) is 5.28 Å². The average molecular weight is 511 g/mol. The highest BCUT2D eigenvalue weighted by molar-refractivity contribution is 7.94. The fraction of sp³-hybridized carbons (Fsp3) is 0.0476. The van der Waals surface area contributed by atoms with E-state index in [1.165, 1.54) is 0 Å². The first-order valence-corrected chi connectivity index (χ1v) is 10.9. The molecule has 4 aromatic rings. The number of azo groups is 1. The molecule has 35 heavy (non-hydrogen) atoms. The number of aromatic nitrogens is 3. The number of hydrogen-bond acceptors (Lipinski definition) is 13. The summed E-state index contributed by atoms with van der Waals surface area (Å²) in [4.78, 5) is 12.1. The smallest absolute Gasteiger partial charge is 0.242 e. The molecule has 12 nitrogen and oxygen atoms in total. The summed E-state index contributed by atoms with van der Waals surface area (Å²) in [5.41, 5.74) is 2.33. The topological polar surface area (TPSA) is 170 Å². The minimum Gasteiger partial charge on any atom is -0.505 e. The van der Waals surface area contributed by atoms with Gasteiger partial charge in [-0.3, -0.25) is 5.32 Å². The molecule has 0 aliphatic heterocycles. The van der Waals surface area contributed by atoms with Crippen molar-refractivity contribution in [2.24, 2.45) is 10.2 Å². The maximum absolute atomic E-state index is 10.9. The number of phenols is 1. The lowest BCUT2D eigenvalue weighted by molar-refractivity contribution is -0.432. The molecule has 0 saturated carbocycles. The summed E-state index contributed by atoms with van der Waals surface area (Å²) < 4.78 is 4.58. The first kappa shape index (κ1) is 24.1. The zero-order valence-corrected chi connectivity index (χ0v) is 19.4. The molecule has 4 rings (SSSR count). The lowest BCUT2D eigenvalue weighted by Crippen LogP contribution is -2.03. The van der Waals surface area contributed by atoms with E-state index in [0.717, 1.165) is 5.56 Å².